The lowest BCUT2D eigenvalue weighted by Crippen LogP contribution is -2.40. The first-order chi connectivity index (χ1) is 12.8. The van der Waals surface area contributed by atoms with Gasteiger partial charge >= 0.3 is 5.69 Å². The molecule has 3 rings (SSSR count). The first-order valence-electron chi connectivity index (χ1n) is 7.95. The topological polar surface area (TPSA) is 103 Å². The molecule has 0 fully saturated rings. The van der Waals surface area contributed by atoms with Crippen molar-refractivity contribution in [1.82, 2.24) is 19.3 Å². The quantitative estimate of drug-likeness (QED) is 0.706. The van der Waals surface area contributed by atoms with Gasteiger partial charge in [0, 0.05) is 23.8 Å². The zero-order valence-electron chi connectivity index (χ0n) is 14.5. The highest BCUT2D eigenvalue weighted by Crippen LogP contribution is 2.31. The van der Waals surface area contributed by atoms with E-state index in [-0.39, 0.29) is 18.3 Å². The molecule has 1 N–H and O–H groups in total. The summed E-state index contributed by atoms with van der Waals surface area (Å²) < 4.78 is 21.7. The fourth-order valence-corrected chi connectivity index (χ4v) is 2.71. The normalized spacial score (nSPS) is 13.5. The minimum absolute atomic E-state index is 0.124. The smallest absolute Gasteiger partial charge is 0.331 e. The van der Waals surface area contributed by atoms with Crippen LogP contribution >= 0.6 is 11.6 Å². The van der Waals surface area contributed by atoms with E-state index in [2.05, 4.69) is 10.1 Å². The van der Waals surface area contributed by atoms with Gasteiger partial charge < -0.3 is 14.2 Å². The molecule has 27 heavy (non-hydrogen) atoms. The monoisotopic (exact) mass is 394 g/mol. The minimum Gasteiger partial charge on any atom is -0.385 e. The highest BCUT2D eigenvalue weighted by Gasteiger charge is 2.27. The number of aliphatic hydroxyl groups excluding tert-OH is 1. The number of nitrogens with zero attached hydrogens (tertiary/aromatic N) is 4. The molecule has 142 valence electrons. The summed E-state index contributed by atoms with van der Waals surface area (Å²) in [5.41, 5.74) is -0.417. The van der Waals surface area contributed by atoms with Crippen molar-refractivity contribution in [3.8, 4) is 0 Å². The van der Waals surface area contributed by atoms with Gasteiger partial charge in [-0.15, -0.1) is 0 Å². The largest absolute Gasteiger partial charge is 0.385 e. The van der Waals surface area contributed by atoms with Crippen LogP contribution in [0.4, 0.5) is 4.39 Å². The van der Waals surface area contributed by atoms with Crippen molar-refractivity contribution in [3.63, 3.8) is 0 Å². The summed E-state index contributed by atoms with van der Waals surface area (Å²) >= 11 is 5.77. The van der Waals surface area contributed by atoms with E-state index in [4.69, 9.17) is 16.1 Å². The van der Waals surface area contributed by atoms with E-state index in [0.29, 0.717) is 16.1 Å². The lowest BCUT2D eigenvalue weighted by molar-refractivity contribution is 0.0708. The number of halogens is 2. The molecule has 10 heteroatoms. The van der Waals surface area contributed by atoms with Crippen molar-refractivity contribution in [1.29, 1.82) is 0 Å². The second-order valence-electron chi connectivity index (χ2n) is 6.04. The van der Waals surface area contributed by atoms with Crippen LogP contribution < -0.4 is 11.2 Å². The Kier molecular flexibility index (Phi) is 5.24. The van der Waals surface area contributed by atoms with Crippen LogP contribution in [0.25, 0.3) is 0 Å². The Labute approximate surface area is 157 Å². The number of alkyl halides is 1. The molecule has 8 nitrogen and oxygen atoms in total. The molecule has 0 aliphatic heterocycles. The number of aliphatic hydroxyl groups is 1. The van der Waals surface area contributed by atoms with Crippen LogP contribution in [0.5, 0.6) is 0 Å². The Hall–Kier alpha value is -2.78. The number of aromatic nitrogens is 4. The molecule has 2 atom stereocenters. The summed E-state index contributed by atoms with van der Waals surface area (Å²) in [5.74, 6) is -0.509. The van der Waals surface area contributed by atoms with Gasteiger partial charge in [-0.3, -0.25) is 9.36 Å². The van der Waals surface area contributed by atoms with Gasteiger partial charge in [0.15, 0.2) is 6.17 Å². The number of aryl methyl sites for hydroxylation is 2. The van der Waals surface area contributed by atoms with Crippen LogP contribution in [-0.2, 0) is 13.6 Å². The highest BCUT2D eigenvalue weighted by atomic mass is 35.5. The molecule has 0 radical (unpaired) electrons. The summed E-state index contributed by atoms with van der Waals surface area (Å²) in [6.07, 6.45) is -2.07. The van der Waals surface area contributed by atoms with Gasteiger partial charge in [0.25, 0.3) is 5.56 Å². The van der Waals surface area contributed by atoms with Crippen LogP contribution in [-0.4, -0.2) is 24.4 Å². The Morgan fingerprint density at radius 3 is 2.63 bits per heavy atom. The van der Waals surface area contributed by atoms with E-state index in [1.165, 1.54) is 42.1 Å². The average molecular weight is 395 g/mol. The maximum absolute atomic E-state index is 14.6. The SMILES string of the molecule is Cc1cn(C)c(=O)n(Cc2nc([C@H](F)[C@H](O)c3ccc(Cl)cc3)no2)c1=O. The standard InChI is InChI=1S/C17H16ClFN4O4/c1-9-7-22(2)17(26)23(16(9)25)8-12-20-15(21-27-12)13(19)14(24)10-3-5-11(18)6-4-10/h3-7,13-14,24H,8H2,1-2H3/t13-,14-/m1/s1. The summed E-state index contributed by atoms with van der Waals surface area (Å²) in [4.78, 5) is 28.1. The zero-order chi connectivity index (χ0) is 19.7. The molecule has 0 unspecified atom stereocenters. The number of benzene rings is 1. The Bertz CT molecular complexity index is 1040. The van der Waals surface area contributed by atoms with Crippen molar-refractivity contribution in [3.05, 3.63) is 79.2 Å². The third-order valence-electron chi connectivity index (χ3n) is 4.01. The molecule has 2 heterocycles. The third kappa shape index (κ3) is 3.83. The second-order valence-corrected chi connectivity index (χ2v) is 6.48. The molecule has 0 amide bonds. The van der Waals surface area contributed by atoms with Crippen molar-refractivity contribution in [2.45, 2.75) is 25.7 Å². The van der Waals surface area contributed by atoms with Crippen LogP contribution in [0.2, 0.25) is 5.02 Å². The van der Waals surface area contributed by atoms with E-state index in [0.717, 1.165) is 4.57 Å². The summed E-state index contributed by atoms with van der Waals surface area (Å²) in [6.45, 7) is 1.27. The molecule has 0 saturated heterocycles. The molecule has 0 spiro atoms. The first-order valence-corrected chi connectivity index (χ1v) is 8.33. The fraction of sp³-hybridized carbons (Fsp3) is 0.294. The van der Waals surface area contributed by atoms with E-state index >= 15 is 0 Å². The predicted molar refractivity (Wildman–Crippen MR) is 94.3 cm³/mol. The van der Waals surface area contributed by atoms with Crippen molar-refractivity contribution in [2.75, 3.05) is 0 Å². The molecule has 3 aromatic rings. The molecule has 1 aromatic carbocycles. The Morgan fingerprint density at radius 2 is 1.96 bits per heavy atom. The van der Waals surface area contributed by atoms with Crippen LogP contribution in [0, 0.1) is 6.92 Å². The third-order valence-corrected chi connectivity index (χ3v) is 4.27. The van der Waals surface area contributed by atoms with Crippen molar-refractivity contribution in [2.24, 2.45) is 7.05 Å². The molecule has 0 saturated carbocycles. The van der Waals surface area contributed by atoms with Gasteiger partial charge in [0.1, 0.15) is 12.6 Å². The Balaban J connectivity index is 1.84. The summed E-state index contributed by atoms with van der Waals surface area (Å²) in [6, 6.07) is 6.01. The number of hydrogen-bond acceptors (Lipinski definition) is 6. The first kappa shape index (κ1) is 19.0. The summed E-state index contributed by atoms with van der Waals surface area (Å²) in [7, 11) is 1.50. The van der Waals surface area contributed by atoms with Crippen LogP contribution in [0.1, 0.15) is 35.1 Å². The molecule has 0 bridgehead atoms. The van der Waals surface area contributed by atoms with E-state index in [1.807, 2.05) is 0 Å². The van der Waals surface area contributed by atoms with Gasteiger partial charge in [-0.05, 0) is 24.6 Å². The fourth-order valence-electron chi connectivity index (χ4n) is 2.58. The average Bonchev–Trinajstić information content (AvgIpc) is 3.11. The van der Waals surface area contributed by atoms with Gasteiger partial charge in [0.05, 0.1) is 0 Å². The molecule has 0 aliphatic carbocycles. The lowest BCUT2D eigenvalue weighted by atomic mass is 10.1. The molecule has 0 aliphatic rings. The molecule has 2 aromatic heterocycles. The van der Waals surface area contributed by atoms with Gasteiger partial charge in [-0.1, -0.05) is 28.9 Å². The van der Waals surface area contributed by atoms with Crippen molar-refractivity contribution >= 4 is 11.6 Å². The number of hydrogen-bond donors (Lipinski definition) is 1. The van der Waals surface area contributed by atoms with E-state index in [1.54, 1.807) is 6.92 Å². The zero-order valence-corrected chi connectivity index (χ0v) is 15.2. The second kappa shape index (κ2) is 7.45. The number of rotatable bonds is 5. The van der Waals surface area contributed by atoms with Gasteiger partial charge in [-0.2, -0.15) is 4.98 Å². The van der Waals surface area contributed by atoms with E-state index in [9.17, 15) is 19.1 Å². The lowest BCUT2D eigenvalue weighted by Gasteiger charge is -2.12. The van der Waals surface area contributed by atoms with Crippen LogP contribution in [0.3, 0.4) is 0 Å². The van der Waals surface area contributed by atoms with Crippen molar-refractivity contribution < 1.29 is 14.0 Å². The minimum atomic E-state index is -1.96. The summed E-state index contributed by atoms with van der Waals surface area (Å²) in [5, 5.41) is 14.1. The van der Waals surface area contributed by atoms with E-state index < -0.39 is 23.5 Å². The maximum Gasteiger partial charge on any atom is 0.331 e. The molecular weight excluding hydrogens is 379 g/mol. The maximum atomic E-state index is 14.6. The van der Waals surface area contributed by atoms with Crippen LogP contribution in [0.15, 0.2) is 44.6 Å². The Morgan fingerprint density at radius 1 is 1.30 bits per heavy atom. The van der Waals surface area contributed by atoms with Gasteiger partial charge in [-0.25, -0.2) is 9.18 Å². The predicted octanol–water partition coefficient (Wildman–Crippen LogP) is 1.68. The molecular formula is C17H16ClFN4O4. The highest BCUT2D eigenvalue weighted by molar-refractivity contribution is 6.30. The van der Waals surface area contributed by atoms with Gasteiger partial charge in [0.2, 0.25) is 11.7 Å².